The van der Waals surface area contributed by atoms with E-state index in [2.05, 4.69) is 21.2 Å². The number of halogens is 3. The summed E-state index contributed by atoms with van der Waals surface area (Å²) in [6.07, 6.45) is 5.28. The van der Waals surface area contributed by atoms with Crippen molar-refractivity contribution in [1.82, 2.24) is 26.1 Å². The number of carbonyl (C=O) groups is 1. The molecule has 3 aliphatic rings. The molecule has 3 fully saturated rings. The average molecular weight is 504 g/mol. The maximum absolute atomic E-state index is 14.7. The monoisotopic (exact) mass is 503 g/mol. The van der Waals surface area contributed by atoms with Crippen LogP contribution < -0.4 is 20.9 Å². The Labute approximate surface area is 208 Å². The van der Waals surface area contributed by atoms with E-state index in [1.165, 1.54) is 24.1 Å². The number of aromatic nitrogens is 1. The van der Waals surface area contributed by atoms with Crippen LogP contribution in [0.3, 0.4) is 0 Å². The smallest absolute Gasteiger partial charge is 0.262 e. The van der Waals surface area contributed by atoms with Gasteiger partial charge >= 0.3 is 0 Å². The molecule has 1 saturated carbocycles. The molecule has 0 bridgehead atoms. The average Bonchev–Trinajstić information content (AvgIpc) is 3.28. The second-order valence-corrected chi connectivity index (χ2v) is 10.2. The van der Waals surface area contributed by atoms with Crippen molar-refractivity contribution in [2.45, 2.75) is 56.3 Å². The first kappa shape index (κ1) is 25.0. The highest BCUT2D eigenvalue weighted by molar-refractivity contribution is 5.79. The highest BCUT2D eigenvalue weighted by Gasteiger charge is 2.45. The third-order valence-corrected chi connectivity index (χ3v) is 7.69. The Bertz CT molecular complexity index is 1070. The van der Waals surface area contributed by atoms with Gasteiger partial charge in [-0.15, -0.1) is 0 Å². The van der Waals surface area contributed by atoms with Crippen LogP contribution in [0, 0.1) is 17.7 Å². The number of hydrogen-bond acceptors (Lipinski definition) is 6. The molecule has 3 N–H and O–H groups in total. The topological polar surface area (TPSA) is 78.5 Å². The van der Waals surface area contributed by atoms with E-state index in [9.17, 15) is 18.0 Å². The first-order valence-electron chi connectivity index (χ1n) is 12.5. The van der Waals surface area contributed by atoms with Crippen molar-refractivity contribution in [3.8, 4) is 5.75 Å². The molecule has 5 unspecified atom stereocenters. The summed E-state index contributed by atoms with van der Waals surface area (Å²) in [4.78, 5) is 18.8. The number of amides is 1. The molecule has 1 aliphatic carbocycles. The zero-order chi connectivity index (χ0) is 25.3. The molecule has 1 aromatic heterocycles. The normalized spacial score (nSPS) is 29.9. The summed E-state index contributed by atoms with van der Waals surface area (Å²) in [5.74, 6) is -3.37. The fourth-order valence-electron chi connectivity index (χ4n) is 6.03. The summed E-state index contributed by atoms with van der Waals surface area (Å²) < 4.78 is 49.0. The molecular formula is C26H32F3N5O2. The molecule has 2 saturated heterocycles. The first-order chi connectivity index (χ1) is 17.3. The van der Waals surface area contributed by atoms with Crippen molar-refractivity contribution in [3.05, 3.63) is 59.7 Å². The SMILES string of the molecule is COc1cccc(F)c1CN1CC(NC(=O)C2CCC3NNC(c4ccncc4)C3C2)CC(F)(F)C1. The van der Waals surface area contributed by atoms with Crippen molar-refractivity contribution in [2.24, 2.45) is 11.8 Å². The van der Waals surface area contributed by atoms with Crippen LogP contribution in [0.2, 0.25) is 0 Å². The van der Waals surface area contributed by atoms with E-state index in [4.69, 9.17) is 4.74 Å². The quantitative estimate of drug-likeness (QED) is 0.562. The predicted molar refractivity (Wildman–Crippen MR) is 128 cm³/mol. The summed E-state index contributed by atoms with van der Waals surface area (Å²) in [6, 6.07) is 7.98. The molecule has 2 aliphatic heterocycles. The number of rotatable bonds is 6. The molecule has 7 nitrogen and oxygen atoms in total. The van der Waals surface area contributed by atoms with Crippen LogP contribution in [-0.2, 0) is 11.3 Å². The van der Waals surface area contributed by atoms with Gasteiger partial charge in [0.25, 0.3) is 5.92 Å². The molecule has 5 rings (SSSR count). The van der Waals surface area contributed by atoms with Gasteiger partial charge in [0, 0.05) is 55.5 Å². The van der Waals surface area contributed by atoms with Gasteiger partial charge in [-0.3, -0.25) is 20.1 Å². The van der Waals surface area contributed by atoms with E-state index in [1.54, 1.807) is 18.5 Å². The number of ether oxygens (including phenoxy) is 1. The van der Waals surface area contributed by atoms with Crippen molar-refractivity contribution < 1.29 is 22.7 Å². The van der Waals surface area contributed by atoms with E-state index in [0.717, 1.165) is 12.0 Å². The van der Waals surface area contributed by atoms with Gasteiger partial charge < -0.3 is 10.1 Å². The van der Waals surface area contributed by atoms with Gasteiger partial charge in [-0.1, -0.05) is 6.07 Å². The van der Waals surface area contributed by atoms with Gasteiger partial charge in [0.05, 0.1) is 19.7 Å². The molecule has 194 valence electrons. The Morgan fingerprint density at radius 1 is 1.22 bits per heavy atom. The number of alkyl halides is 2. The largest absolute Gasteiger partial charge is 0.496 e. The summed E-state index contributed by atoms with van der Waals surface area (Å²) in [6.45, 7) is -0.286. The Hall–Kier alpha value is -2.69. The summed E-state index contributed by atoms with van der Waals surface area (Å²) in [5, 5.41) is 2.90. The van der Waals surface area contributed by atoms with Crippen molar-refractivity contribution in [3.63, 3.8) is 0 Å². The van der Waals surface area contributed by atoms with Crippen LogP contribution >= 0.6 is 0 Å². The van der Waals surface area contributed by atoms with E-state index in [1.807, 2.05) is 12.1 Å². The Morgan fingerprint density at radius 3 is 2.81 bits per heavy atom. The van der Waals surface area contributed by atoms with Gasteiger partial charge in [0.1, 0.15) is 11.6 Å². The molecule has 36 heavy (non-hydrogen) atoms. The van der Waals surface area contributed by atoms with Crippen LogP contribution in [0.5, 0.6) is 5.75 Å². The molecule has 0 spiro atoms. The fourth-order valence-corrected chi connectivity index (χ4v) is 6.03. The van der Waals surface area contributed by atoms with Crippen molar-refractivity contribution in [2.75, 3.05) is 20.2 Å². The number of fused-ring (bicyclic) bond motifs is 1. The van der Waals surface area contributed by atoms with E-state index in [0.29, 0.717) is 18.6 Å². The van der Waals surface area contributed by atoms with Gasteiger partial charge in [-0.2, -0.15) is 0 Å². The molecular weight excluding hydrogens is 471 g/mol. The zero-order valence-electron chi connectivity index (χ0n) is 20.2. The summed E-state index contributed by atoms with van der Waals surface area (Å²) in [5.41, 5.74) is 8.05. The minimum atomic E-state index is -2.99. The Kier molecular flexibility index (Phi) is 7.18. The lowest BCUT2D eigenvalue weighted by atomic mass is 9.74. The zero-order valence-corrected chi connectivity index (χ0v) is 20.2. The number of likely N-dealkylation sites (tertiary alicyclic amines) is 1. The number of methoxy groups -OCH3 is 1. The second kappa shape index (κ2) is 10.4. The highest BCUT2D eigenvalue weighted by Crippen LogP contribution is 2.40. The molecule has 10 heteroatoms. The highest BCUT2D eigenvalue weighted by atomic mass is 19.3. The third kappa shape index (κ3) is 5.35. The van der Waals surface area contributed by atoms with Gasteiger partial charge in [0.15, 0.2) is 0 Å². The van der Waals surface area contributed by atoms with Gasteiger partial charge in [-0.05, 0) is 55.0 Å². The Balaban J connectivity index is 1.24. The molecule has 5 atom stereocenters. The van der Waals surface area contributed by atoms with Gasteiger partial charge in [0.2, 0.25) is 5.91 Å². The van der Waals surface area contributed by atoms with Crippen LogP contribution in [-0.4, -0.2) is 54.0 Å². The number of benzene rings is 1. The number of pyridine rings is 1. The van der Waals surface area contributed by atoms with E-state index >= 15 is 0 Å². The van der Waals surface area contributed by atoms with Crippen LogP contribution in [0.15, 0.2) is 42.7 Å². The maximum atomic E-state index is 14.7. The van der Waals surface area contributed by atoms with E-state index in [-0.39, 0.29) is 48.5 Å². The lowest BCUT2D eigenvalue weighted by molar-refractivity contribution is -0.130. The van der Waals surface area contributed by atoms with Crippen molar-refractivity contribution in [1.29, 1.82) is 0 Å². The standard InChI is InChI=1S/C26H32F3N5O2/c1-36-23-4-2-3-21(27)20(23)14-34-13-18(12-26(28,29)15-34)31-25(35)17-5-6-22-19(11-17)24(33-32-22)16-7-9-30-10-8-16/h2-4,7-10,17-19,22,24,32-33H,5-6,11-15H2,1H3,(H,31,35). The van der Waals surface area contributed by atoms with Crippen LogP contribution in [0.25, 0.3) is 0 Å². The number of piperidine rings is 1. The summed E-state index contributed by atoms with van der Waals surface area (Å²) in [7, 11) is 1.43. The number of hydrogen-bond donors (Lipinski definition) is 3. The number of carbonyl (C=O) groups excluding carboxylic acids is 1. The number of nitrogens with one attached hydrogen (secondary N) is 3. The minimum Gasteiger partial charge on any atom is -0.496 e. The Morgan fingerprint density at radius 2 is 2.03 bits per heavy atom. The van der Waals surface area contributed by atoms with Crippen LogP contribution in [0.1, 0.15) is 42.9 Å². The lowest BCUT2D eigenvalue weighted by Gasteiger charge is -2.39. The molecule has 1 amide bonds. The van der Waals surface area contributed by atoms with Crippen molar-refractivity contribution >= 4 is 5.91 Å². The molecule has 2 aromatic rings. The van der Waals surface area contributed by atoms with Crippen LogP contribution in [0.4, 0.5) is 13.2 Å². The molecule has 1 aromatic carbocycles. The second-order valence-electron chi connectivity index (χ2n) is 10.2. The number of nitrogens with zero attached hydrogens (tertiary/aromatic N) is 2. The maximum Gasteiger partial charge on any atom is 0.262 e. The minimum absolute atomic E-state index is 0.0179. The molecule has 0 radical (unpaired) electrons. The predicted octanol–water partition coefficient (Wildman–Crippen LogP) is 3.19. The molecule has 3 heterocycles. The van der Waals surface area contributed by atoms with Gasteiger partial charge in [-0.25, -0.2) is 18.6 Å². The fraction of sp³-hybridized carbons (Fsp3) is 0.538. The first-order valence-corrected chi connectivity index (χ1v) is 12.5. The third-order valence-electron chi connectivity index (χ3n) is 7.69. The number of hydrazine groups is 1. The summed E-state index contributed by atoms with van der Waals surface area (Å²) >= 11 is 0. The lowest BCUT2D eigenvalue weighted by Crippen LogP contribution is -2.56. The van der Waals surface area contributed by atoms with E-state index < -0.39 is 30.7 Å².